The first-order valence-corrected chi connectivity index (χ1v) is 2.88. The van der Waals surface area contributed by atoms with Gasteiger partial charge in [-0.2, -0.15) is 0 Å². The van der Waals surface area contributed by atoms with Crippen LogP contribution in [-0.2, 0) is 4.57 Å². The lowest BCUT2D eigenvalue weighted by Crippen LogP contribution is -1.99. The van der Waals surface area contributed by atoms with Crippen molar-refractivity contribution in [3.8, 4) is 0 Å². The topological polar surface area (TPSA) is 98.5 Å². The fourth-order valence-electron chi connectivity index (χ4n) is 0. The van der Waals surface area contributed by atoms with Gasteiger partial charge in [0.2, 0.25) is 0 Å². The molecule has 6 heavy (non-hydrogen) atoms. The second-order valence-corrected chi connectivity index (χ2v) is 2.26. The highest BCUT2D eigenvalue weighted by molar-refractivity contribution is 7.57. The van der Waals surface area contributed by atoms with Crippen molar-refractivity contribution in [2.24, 2.45) is 16.0 Å². The Hall–Kier alpha value is -0.250. The van der Waals surface area contributed by atoms with Crippen LogP contribution in [-0.4, -0.2) is 0 Å². The van der Waals surface area contributed by atoms with Crippen LogP contribution in [0.25, 0.3) is 0 Å². The third-order valence-electron chi connectivity index (χ3n) is 0.128. The average Bonchev–Trinajstić information content (AvgIpc) is 1.35. The molecule has 0 aromatic carbocycles. The Balaban J connectivity index is 3.81. The van der Waals surface area contributed by atoms with Gasteiger partial charge >= 0.3 is 7.59 Å². The molecule has 0 rings (SSSR count). The molecule has 0 saturated carbocycles. The molecule has 36 valence electrons. The molecule has 0 spiro atoms. The number of nitrogens with zero attached hydrogens (tertiary/aromatic N) is 1. The molecule has 0 heterocycles. The van der Waals surface area contributed by atoms with Crippen molar-refractivity contribution in [3.63, 3.8) is 0 Å². The number of hydrogen-bond donors (Lipinski definition) is 2. The molecule has 0 amide bonds. The van der Waals surface area contributed by atoms with Gasteiger partial charge in [-0.05, 0) is 0 Å². The average molecular weight is 109 g/mol. The first kappa shape index (κ1) is 5.75. The monoisotopic (exact) mass is 109 g/mol. The summed E-state index contributed by atoms with van der Waals surface area (Å²) in [6, 6.07) is 0. The van der Waals surface area contributed by atoms with Gasteiger partial charge in [0.1, 0.15) is 0 Å². The SMILES string of the molecule is NP(N)(=O)N=O. The van der Waals surface area contributed by atoms with E-state index >= 15 is 0 Å². The van der Waals surface area contributed by atoms with Crippen LogP contribution in [0.15, 0.2) is 4.95 Å². The van der Waals surface area contributed by atoms with Crippen molar-refractivity contribution in [2.75, 3.05) is 0 Å². The van der Waals surface area contributed by atoms with Crippen LogP contribution < -0.4 is 11.0 Å². The lowest BCUT2D eigenvalue weighted by atomic mass is 13.7. The number of rotatable bonds is 1. The third kappa shape index (κ3) is 3.75. The van der Waals surface area contributed by atoms with E-state index in [-0.39, 0.29) is 0 Å². The maximum Gasteiger partial charge on any atom is 0.356 e. The summed E-state index contributed by atoms with van der Waals surface area (Å²) in [6.07, 6.45) is 0. The molecular formula is H4N3O2P. The Kier molecular flexibility index (Phi) is 1.40. The normalized spacial score (nSPS) is 11.0. The summed E-state index contributed by atoms with van der Waals surface area (Å²) in [7, 11) is -3.58. The second-order valence-electron chi connectivity index (χ2n) is 0.754. The Labute approximate surface area is 34.2 Å². The van der Waals surface area contributed by atoms with Crippen molar-refractivity contribution < 1.29 is 4.57 Å². The van der Waals surface area contributed by atoms with Gasteiger partial charge in [-0.1, -0.05) is 0 Å². The van der Waals surface area contributed by atoms with E-state index in [0.29, 0.717) is 0 Å². The van der Waals surface area contributed by atoms with Gasteiger partial charge in [-0.15, -0.1) is 4.91 Å². The van der Waals surface area contributed by atoms with Crippen LogP contribution in [0.4, 0.5) is 0 Å². The van der Waals surface area contributed by atoms with Gasteiger partial charge in [-0.25, -0.2) is 11.0 Å². The van der Waals surface area contributed by atoms with Gasteiger partial charge in [0.05, 0.1) is 0 Å². The molecule has 0 aliphatic rings. The first-order valence-electron chi connectivity index (χ1n) is 1.08. The minimum absolute atomic E-state index is 1.88. The Bertz CT molecular complexity index is 91.0. The minimum Gasteiger partial charge on any atom is -0.260 e. The van der Waals surface area contributed by atoms with Crippen molar-refractivity contribution in [1.29, 1.82) is 0 Å². The van der Waals surface area contributed by atoms with E-state index in [1.54, 1.807) is 0 Å². The Morgan fingerprint density at radius 3 is 1.67 bits per heavy atom. The summed E-state index contributed by atoms with van der Waals surface area (Å²) in [5.74, 6) is 0. The van der Waals surface area contributed by atoms with E-state index in [4.69, 9.17) is 4.91 Å². The van der Waals surface area contributed by atoms with Gasteiger partial charge in [0.25, 0.3) is 0 Å². The van der Waals surface area contributed by atoms with Crippen LogP contribution in [0.3, 0.4) is 0 Å². The van der Waals surface area contributed by atoms with Crippen LogP contribution >= 0.6 is 7.59 Å². The highest BCUT2D eigenvalue weighted by atomic mass is 31.2. The molecule has 5 nitrogen and oxygen atoms in total. The minimum atomic E-state index is -3.58. The fraction of sp³-hybridized carbons (Fsp3) is 0. The van der Waals surface area contributed by atoms with Crippen LogP contribution in [0.5, 0.6) is 0 Å². The summed E-state index contributed by atoms with van der Waals surface area (Å²) in [6.45, 7) is 0. The molecule has 0 radical (unpaired) electrons. The molecule has 0 fully saturated rings. The summed E-state index contributed by atoms with van der Waals surface area (Å²) in [5.41, 5.74) is 8.78. The van der Waals surface area contributed by atoms with Crippen LogP contribution in [0.1, 0.15) is 0 Å². The van der Waals surface area contributed by atoms with Crippen molar-refractivity contribution in [1.82, 2.24) is 0 Å². The quantitative estimate of drug-likeness (QED) is 0.359. The first-order chi connectivity index (χ1) is 2.56. The van der Waals surface area contributed by atoms with Gasteiger partial charge in [-0.3, -0.25) is 4.57 Å². The molecule has 0 bridgehead atoms. The lowest BCUT2D eigenvalue weighted by Gasteiger charge is -1.84. The van der Waals surface area contributed by atoms with Gasteiger partial charge in [0.15, 0.2) is 0 Å². The van der Waals surface area contributed by atoms with E-state index in [0.717, 1.165) is 0 Å². The molecular weight excluding hydrogens is 105 g/mol. The molecule has 0 unspecified atom stereocenters. The lowest BCUT2D eigenvalue weighted by molar-refractivity contribution is 0.577. The number of nitrogens with two attached hydrogens (primary N) is 2. The number of nitroso groups, excluding NO2 is 1. The zero-order valence-electron chi connectivity index (χ0n) is 2.87. The maximum atomic E-state index is 9.66. The van der Waals surface area contributed by atoms with Crippen LogP contribution in [0, 0.1) is 4.91 Å². The Morgan fingerprint density at radius 1 is 1.50 bits per heavy atom. The second kappa shape index (κ2) is 1.47. The third-order valence-corrected chi connectivity index (χ3v) is 0.383. The van der Waals surface area contributed by atoms with Crippen molar-refractivity contribution in [2.45, 2.75) is 0 Å². The van der Waals surface area contributed by atoms with E-state index in [9.17, 15) is 4.57 Å². The Morgan fingerprint density at radius 2 is 1.67 bits per heavy atom. The zero-order valence-corrected chi connectivity index (χ0v) is 3.76. The van der Waals surface area contributed by atoms with E-state index in [2.05, 4.69) is 11.0 Å². The van der Waals surface area contributed by atoms with E-state index in [1.807, 2.05) is 4.95 Å². The standard InChI is InChI=1S/H4N3O2P/c1-6(2,5)3-4/h(H4,1,2,5). The summed E-state index contributed by atoms with van der Waals surface area (Å²) >= 11 is 0. The van der Waals surface area contributed by atoms with Gasteiger partial charge in [0, 0.05) is 4.95 Å². The molecule has 6 heteroatoms. The number of hydrogen-bond acceptors (Lipinski definition) is 2. The zero-order chi connectivity index (χ0) is 5.21. The summed E-state index contributed by atoms with van der Waals surface area (Å²) in [4.78, 5) is 10.9. The van der Waals surface area contributed by atoms with Crippen LogP contribution in [0.2, 0.25) is 0 Å². The largest absolute Gasteiger partial charge is 0.356 e. The molecule has 0 aromatic heterocycles. The summed E-state index contributed by atoms with van der Waals surface area (Å²) in [5, 5.41) is 0. The maximum absolute atomic E-state index is 9.66. The molecule has 4 N–H and O–H groups in total. The molecule has 0 aliphatic carbocycles. The molecule has 0 aliphatic heterocycles. The highest BCUT2D eigenvalue weighted by Crippen LogP contribution is 2.24. The van der Waals surface area contributed by atoms with E-state index < -0.39 is 7.59 Å². The molecule has 0 saturated heterocycles. The van der Waals surface area contributed by atoms with Crippen molar-refractivity contribution in [3.05, 3.63) is 4.91 Å². The summed E-state index contributed by atoms with van der Waals surface area (Å²) < 4.78 is 9.66. The predicted octanol–water partition coefficient (Wildman–Crippen LogP) is -0.222. The smallest absolute Gasteiger partial charge is 0.260 e. The van der Waals surface area contributed by atoms with E-state index in [1.165, 1.54) is 0 Å². The molecule has 0 aromatic rings. The predicted molar refractivity (Wildman–Crippen MR) is 21.8 cm³/mol. The van der Waals surface area contributed by atoms with Crippen molar-refractivity contribution >= 4 is 7.59 Å². The molecule has 0 atom stereocenters. The fourth-order valence-corrected chi connectivity index (χ4v) is 0. The van der Waals surface area contributed by atoms with Gasteiger partial charge < -0.3 is 0 Å². The highest BCUT2D eigenvalue weighted by Gasteiger charge is 2.02.